The van der Waals surface area contributed by atoms with Gasteiger partial charge in [0.1, 0.15) is 0 Å². The number of nitrogens with zero attached hydrogens (tertiary/aromatic N) is 1. The molecule has 4 nitrogen and oxygen atoms in total. The van der Waals surface area contributed by atoms with Gasteiger partial charge < -0.3 is 10.2 Å². The van der Waals surface area contributed by atoms with Gasteiger partial charge in [-0.05, 0) is 49.7 Å². The third kappa shape index (κ3) is 4.34. The molecule has 0 aliphatic carbocycles. The van der Waals surface area contributed by atoms with Gasteiger partial charge >= 0.3 is 0 Å². The summed E-state index contributed by atoms with van der Waals surface area (Å²) in [6.07, 6.45) is 2.47. The van der Waals surface area contributed by atoms with Crippen LogP contribution in [-0.4, -0.2) is 45.2 Å². The van der Waals surface area contributed by atoms with Gasteiger partial charge in [0.25, 0.3) is 0 Å². The summed E-state index contributed by atoms with van der Waals surface area (Å²) in [7, 11) is -0.983. The van der Waals surface area contributed by atoms with Gasteiger partial charge in [0.15, 0.2) is 9.84 Å². The minimum Gasteiger partial charge on any atom is -0.305 e. The Balaban J connectivity index is 1.83. The standard InChI is InChI=1S/C21H28N2O2S/c1-3-26(24,25)20-13-11-18(12-14-20)21(17-8-5-4-6-9-17)22-16-19-10-7-15-23(19)2/h4-6,8-9,11-14,19,21-22H,3,7,10,15-16H2,1-2H3. The molecular weight excluding hydrogens is 344 g/mol. The fraction of sp³-hybridized carbons (Fsp3) is 0.429. The van der Waals surface area contributed by atoms with Crippen LogP contribution in [0.3, 0.4) is 0 Å². The second kappa shape index (κ2) is 8.33. The van der Waals surface area contributed by atoms with Crippen molar-refractivity contribution in [2.45, 2.75) is 36.7 Å². The summed E-state index contributed by atoms with van der Waals surface area (Å²) in [4.78, 5) is 2.80. The van der Waals surface area contributed by atoms with Crippen LogP contribution in [0.1, 0.15) is 36.9 Å². The number of likely N-dealkylation sites (N-methyl/N-ethyl adjacent to an activating group) is 1. The topological polar surface area (TPSA) is 49.4 Å². The van der Waals surface area contributed by atoms with Gasteiger partial charge in [-0.2, -0.15) is 0 Å². The molecule has 5 heteroatoms. The average Bonchev–Trinajstić information content (AvgIpc) is 3.08. The first-order valence-corrected chi connectivity index (χ1v) is 11.0. The number of likely N-dealkylation sites (tertiary alicyclic amines) is 1. The lowest BCUT2D eigenvalue weighted by Gasteiger charge is -2.25. The molecule has 0 aromatic heterocycles. The summed E-state index contributed by atoms with van der Waals surface area (Å²) < 4.78 is 24.1. The number of rotatable bonds is 7. The van der Waals surface area contributed by atoms with E-state index in [0.29, 0.717) is 10.9 Å². The zero-order valence-electron chi connectivity index (χ0n) is 15.6. The zero-order chi connectivity index (χ0) is 18.6. The molecule has 1 N–H and O–H groups in total. The van der Waals surface area contributed by atoms with E-state index in [1.807, 2.05) is 30.3 Å². The molecule has 0 saturated carbocycles. The predicted molar refractivity (Wildman–Crippen MR) is 106 cm³/mol. The van der Waals surface area contributed by atoms with Crippen LogP contribution in [-0.2, 0) is 9.84 Å². The van der Waals surface area contributed by atoms with Crippen LogP contribution in [0.5, 0.6) is 0 Å². The Hall–Kier alpha value is -1.69. The Kier molecular flexibility index (Phi) is 6.12. The first-order chi connectivity index (χ1) is 12.5. The summed E-state index contributed by atoms with van der Waals surface area (Å²) >= 11 is 0. The Labute approximate surface area is 157 Å². The minimum absolute atomic E-state index is 0.0589. The minimum atomic E-state index is -3.17. The monoisotopic (exact) mass is 372 g/mol. The van der Waals surface area contributed by atoms with Crippen LogP contribution in [0.4, 0.5) is 0 Å². The number of sulfone groups is 1. The van der Waals surface area contributed by atoms with Crippen molar-refractivity contribution in [1.82, 2.24) is 10.2 Å². The molecule has 0 amide bonds. The van der Waals surface area contributed by atoms with E-state index >= 15 is 0 Å². The fourth-order valence-electron chi connectivity index (χ4n) is 3.60. The summed E-state index contributed by atoms with van der Waals surface area (Å²) in [5.41, 5.74) is 2.28. The SMILES string of the molecule is CCS(=O)(=O)c1ccc(C(NCC2CCCN2C)c2ccccc2)cc1. The second-order valence-corrected chi connectivity index (χ2v) is 9.28. The van der Waals surface area contributed by atoms with Crippen LogP contribution >= 0.6 is 0 Å². The van der Waals surface area contributed by atoms with Crippen LogP contribution < -0.4 is 5.32 Å². The average molecular weight is 373 g/mol. The lowest BCUT2D eigenvalue weighted by atomic mass is 9.98. The molecule has 0 radical (unpaired) electrons. The van der Waals surface area contributed by atoms with Gasteiger partial charge in [-0.3, -0.25) is 0 Å². The largest absolute Gasteiger partial charge is 0.305 e. The number of hydrogen-bond acceptors (Lipinski definition) is 4. The van der Waals surface area contributed by atoms with E-state index in [4.69, 9.17) is 0 Å². The van der Waals surface area contributed by atoms with Crippen LogP contribution in [0.15, 0.2) is 59.5 Å². The van der Waals surface area contributed by atoms with Gasteiger partial charge in [-0.25, -0.2) is 8.42 Å². The molecule has 1 aliphatic rings. The maximum Gasteiger partial charge on any atom is 0.178 e. The summed E-state index contributed by atoms with van der Waals surface area (Å²) in [6.45, 7) is 3.76. The number of hydrogen-bond donors (Lipinski definition) is 1. The predicted octanol–water partition coefficient (Wildman–Crippen LogP) is 3.25. The van der Waals surface area contributed by atoms with E-state index < -0.39 is 9.84 Å². The van der Waals surface area contributed by atoms with Gasteiger partial charge in [-0.1, -0.05) is 49.4 Å². The van der Waals surface area contributed by atoms with Crippen LogP contribution in [0, 0.1) is 0 Å². The van der Waals surface area contributed by atoms with E-state index in [2.05, 4.69) is 29.4 Å². The van der Waals surface area contributed by atoms with Gasteiger partial charge in [-0.15, -0.1) is 0 Å². The Bertz CT molecular complexity index is 804. The highest BCUT2D eigenvalue weighted by Crippen LogP contribution is 2.25. The molecule has 1 saturated heterocycles. The smallest absolute Gasteiger partial charge is 0.178 e. The summed E-state index contributed by atoms with van der Waals surface area (Å²) in [5.74, 6) is 0.126. The third-order valence-corrected chi connectivity index (χ3v) is 7.07. The van der Waals surface area contributed by atoms with Crippen molar-refractivity contribution in [3.63, 3.8) is 0 Å². The molecular formula is C21H28N2O2S. The Morgan fingerprint density at radius 3 is 2.31 bits per heavy atom. The molecule has 0 spiro atoms. The van der Waals surface area contributed by atoms with Crippen LogP contribution in [0.25, 0.3) is 0 Å². The van der Waals surface area contributed by atoms with Crippen molar-refractivity contribution >= 4 is 9.84 Å². The van der Waals surface area contributed by atoms with Crippen LogP contribution in [0.2, 0.25) is 0 Å². The lowest BCUT2D eigenvalue weighted by molar-refractivity contribution is 0.295. The second-order valence-electron chi connectivity index (χ2n) is 7.00. The van der Waals surface area contributed by atoms with E-state index in [9.17, 15) is 8.42 Å². The van der Waals surface area contributed by atoms with Gasteiger partial charge in [0.05, 0.1) is 16.7 Å². The van der Waals surface area contributed by atoms with Gasteiger partial charge in [0, 0.05) is 12.6 Å². The molecule has 2 atom stereocenters. The molecule has 2 aromatic rings. The Morgan fingerprint density at radius 1 is 1.08 bits per heavy atom. The normalized spacial score (nSPS) is 19.5. The van der Waals surface area contributed by atoms with Gasteiger partial charge in [0.2, 0.25) is 0 Å². The highest BCUT2D eigenvalue weighted by molar-refractivity contribution is 7.91. The van der Waals surface area contributed by atoms with Crippen molar-refractivity contribution in [2.24, 2.45) is 0 Å². The molecule has 0 bridgehead atoms. The first kappa shape index (κ1) is 19.1. The van der Waals surface area contributed by atoms with Crippen molar-refractivity contribution in [3.05, 3.63) is 65.7 Å². The van der Waals surface area contributed by atoms with E-state index in [0.717, 1.165) is 18.7 Å². The summed E-state index contributed by atoms with van der Waals surface area (Å²) in [6, 6.07) is 18.3. The highest BCUT2D eigenvalue weighted by Gasteiger charge is 2.23. The van der Waals surface area contributed by atoms with Crippen molar-refractivity contribution in [1.29, 1.82) is 0 Å². The highest BCUT2D eigenvalue weighted by atomic mass is 32.2. The molecule has 1 fully saturated rings. The first-order valence-electron chi connectivity index (χ1n) is 9.32. The molecule has 2 aromatic carbocycles. The Morgan fingerprint density at radius 2 is 1.73 bits per heavy atom. The quantitative estimate of drug-likeness (QED) is 0.810. The fourth-order valence-corrected chi connectivity index (χ4v) is 4.48. The zero-order valence-corrected chi connectivity index (χ0v) is 16.4. The maximum atomic E-state index is 12.1. The maximum absolute atomic E-state index is 12.1. The molecule has 26 heavy (non-hydrogen) atoms. The number of benzene rings is 2. The number of nitrogens with one attached hydrogen (secondary N) is 1. The van der Waals surface area contributed by atoms with E-state index in [1.165, 1.54) is 18.4 Å². The van der Waals surface area contributed by atoms with Crippen molar-refractivity contribution in [2.75, 3.05) is 25.9 Å². The van der Waals surface area contributed by atoms with E-state index in [-0.39, 0.29) is 11.8 Å². The molecule has 1 aliphatic heterocycles. The summed E-state index contributed by atoms with van der Waals surface area (Å²) in [5, 5.41) is 3.71. The molecule has 1 heterocycles. The lowest BCUT2D eigenvalue weighted by Crippen LogP contribution is -2.37. The van der Waals surface area contributed by atoms with Crippen molar-refractivity contribution in [3.8, 4) is 0 Å². The third-order valence-electron chi connectivity index (χ3n) is 5.31. The molecule has 3 rings (SSSR count). The molecule has 2 unspecified atom stereocenters. The molecule has 140 valence electrons. The van der Waals surface area contributed by atoms with Crippen molar-refractivity contribution < 1.29 is 8.42 Å². The van der Waals surface area contributed by atoms with E-state index in [1.54, 1.807) is 19.1 Å².